The molecule has 1 aromatic heterocycles. The summed E-state index contributed by atoms with van der Waals surface area (Å²) in [5.74, 6) is 1.39. The lowest BCUT2D eigenvalue weighted by Gasteiger charge is -2.24. The average Bonchev–Trinajstić information content (AvgIpc) is 1.96. The monoisotopic (exact) mass is 290 g/mol. The maximum Gasteiger partial charge on any atom is 0.264 e. The number of hydrogen-bond donors (Lipinski definition) is 1. The van der Waals surface area contributed by atoms with Crippen LogP contribution in [0, 0.1) is 10.5 Å². The molecule has 1 aliphatic carbocycles. The van der Waals surface area contributed by atoms with E-state index >= 15 is 0 Å². The summed E-state index contributed by atoms with van der Waals surface area (Å²) in [4.78, 5) is 18.6. The molecule has 13 heavy (non-hydrogen) atoms. The van der Waals surface area contributed by atoms with E-state index in [1.165, 1.54) is 19.3 Å². The highest BCUT2D eigenvalue weighted by atomic mass is 127. The zero-order valence-electron chi connectivity index (χ0n) is 7.43. The zero-order chi connectivity index (χ0) is 9.42. The molecule has 0 atom stereocenters. The SMILES string of the molecule is Cc1nc(C2CCC2)[nH]c(=O)c1I. The Kier molecular flexibility index (Phi) is 2.40. The van der Waals surface area contributed by atoms with Gasteiger partial charge in [-0.1, -0.05) is 6.42 Å². The van der Waals surface area contributed by atoms with Crippen LogP contribution in [0.3, 0.4) is 0 Å². The molecule has 1 aliphatic rings. The van der Waals surface area contributed by atoms with Gasteiger partial charge in [0.2, 0.25) is 0 Å². The van der Waals surface area contributed by atoms with E-state index in [9.17, 15) is 4.79 Å². The van der Waals surface area contributed by atoms with Gasteiger partial charge >= 0.3 is 0 Å². The summed E-state index contributed by atoms with van der Waals surface area (Å²) in [5.41, 5.74) is 0.862. The predicted octanol–water partition coefficient (Wildman–Crippen LogP) is 1.95. The van der Waals surface area contributed by atoms with E-state index < -0.39 is 0 Å². The first kappa shape index (κ1) is 9.18. The second-order valence-corrected chi connectivity index (χ2v) is 4.56. The molecule has 1 heterocycles. The van der Waals surface area contributed by atoms with Crippen molar-refractivity contribution in [3.8, 4) is 0 Å². The molecule has 1 aromatic rings. The van der Waals surface area contributed by atoms with Crippen LogP contribution in [-0.4, -0.2) is 9.97 Å². The van der Waals surface area contributed by atoms with Crippen molar-refractivity contribution >= 4 is 22.6 Å². The Bertz CT molecular complexity index is 382. The molecule has 0 amide bonds. The Balaban J connectivity index is 2.43. The van der Waals surface area contributed by atoms with Crippen LogP contribution in [0.2, 0.25) is 0 Å². The second kappa shape index (κ2) is 3.40. The van der Waals surface area contributed by atoms with Crippen molar-refractivity contribution in [3.63, 3.8) is 0 Å². The van der Waals surface area contributed by atoms with Crippen LogP contribution in [-0.2, 0) is 0 Å². The van der Waals surface area contributed by atoms with Crippen LogP contribution < -0.4 is 5.56 Å². The summed E-state index contributed by atoms with van der Waals surface area (Å²) in [6, 6.07) is 0. The number of nitrogens with zero attached hydrogens (tertiary/aromatic N) is 1. The van der Waals surface area contributed by atoms with Gasteiger partial charge < -0.3 is 4.98 Å². The Labute approximate surface area is 90.1 Å². The first-order chi connectivity index (χ1) is 6.18. The van der Waals surface area contributed by atoms with Crippen molar-refractivity contribution in [1.29, 1.82) is 0 Å². The third-order valence-corrected chi connectivity index (χ3v) is 3.81. The number of aromatic amines is 1. The molecule has 0 radical (unpaired) electrons. The normalized spacial score (nSPS) is 17.1. The summed E-state index contributed by atoms with van der Waals surface area (Å²) >= 11 is 2.03. The van der Waals surface area contributed by atoms with Gasteiger partial charge in [0.15, 0.2) is 0 Å². The quantitative estimate of drug-likeness (QED) is 0.804. The summed E-state index contributed by atoms with van der Waals surface area (Å²) in [6.45, 7) is 1.89. The van der Waals surface area contributed by atoms with E-state index in [0.717, 1.165) is 11.5 Å². The van der Waals surface area contributed by atoms with Crippen LogP contribution in [0.5, 0.6) is 0 Å². The number of aryl methyl sites for hydroxylation is 1. The van der Waals surface area contributed by atoms with Gasteiger partial charge in [0.05, 0.1) is 9.26 Å². The van der Waals surface area contributed by atoms with Crippen LogP contribution in [0.4, 0.5) is 0 Å². The van der Waals surface area contributed by atoms with Crippen LogP contribution >= 0.6 is 22.6 Å². The van der Waals surface area contributed by atoms with Gasteiger partial charge in [-0.25, -0.2) is 4.98 Å². The van der Waals surface area contributed by atoms with Crippen molar-refractivity contribution < 1.29 is 0 Å². The minimum Gasteiger partial charge on any atom is -0.309 e. The lowest BCUT2D eigenvalue weighted by molar-refractivity contribution is 0.399. The maximum atomic E-state index is 11.4. The topological polar surface area (TPSA) is 45.8 Å². The standard InChI is InChI=1S/C9H11IN2O/c1-5-7(10)9(13)12-8(11-5)6-3-2-4-6/h6H,2-4H2,1H3,(H,11,12,13). The molecule has 3 nitrogen and oxygen atoms in total. The van der Waals surface area contributed by atoms with Gasteiger partial charge in [-0.2, -0.15) is 0 Å². The maximum absolute atomic E-state index is 11.4. The summed E-state index contributed by atoms with van der Waals surface area (Å²) in [5, 5.41) is 0. The van der Waals surface area contributed by atoms with E-state index in [1.54, 1.807) is 0 Å². The Hall–Kier alpha value is -0.390. The van der Waals surface area contributed by atoms with E-state index in [2.05, 4.69) is 9.97 Å². The van der Waals surface area contributed by atoms with E-state index in [0.29, 0.717) is 9.49 Å². The lowest BCUT2D eigenvalue weighted by atomic mass is 9.85. The van der Waals surface area contributed by atoms with Crippen molar-refractivity contribution in [2.75, 3.05) is 0 Å². The van der Waals surface area contributed by atoms with Gasteiger partial charge in [-0.05, 0) is 42.4 Å². The first-order valence-electron chi connectivity index (χ1n) is 4.45. The van der Waals surface area contributed by atoms with E-state index in [-0.39, 0.29) is 5.56 Å². The molecule has 0 unspecified atom stereocenters. The molecule has 0 bridgehead atoms. The second-order valence-electron chi connectivity index (χ2n) is 3.48. The Morgan fingerprint density at radius 1 is 1.54 bits per heavy atom. The fraction of sp³-hybridized carbons (Fsp3) is 0.556. The molecule has 1 N–H and O–H groups in total. The van der Waals surface area contributed by atoms with Gasteiger partial charge in [0.1, 0.15) is 5.82 Å². The van der Waals surface area contributed by atoms with Crippen LogP contribution in [0.1, 0.15) is 36.7 Å². The molecule has 0 aromatic carbocycles. The lowest BCUT2D eigenvalue weighted by Crippen LogP contribution is -2.21. The molecule has 1 saturated carbocycles. The molecule has 2 rings (SSSR count). The molecule has 0 aliphatic heterocycles. The highest BCUT2D eigenvalue weighted by molar-refractivity contribution is 14.1. The summed E-state index contributed by atoms with van der Waals surface area (Å²) < 4.78 is 0.709. The average molecular weight is 290 g/mol. The number of rotatable bonds is 1. The minimum atomic E-state index is 0.00926. The summed E-state index contributed by atoms with van der Waals surface area (Å²) in [7, 11) is 0. The molecular weight excluding hydrogens is 279 g/mol. The largest absolute Gasteiger partial charge is 0.309 e. The van der Waals surface area contributed by atoms with E-state index in [4.69, 9.17) is 0 Å². The van der Waals surface area contributed by atoms with Crippen LogP contribution in [0.15, 0.2) is 4.79 Å². The minimum absolute atomic E-state index is 0.00926. The van der Waals surface area contributed by atoms with Crippen molar-refractivity contribution in [1.82, 2.24) is 9.97 Å². The molecule has 70 valence electrons. The highest BCUT2D eigenvalue weighted by Crippen LogP contribution is 2.33. The van der Waals surface area contributed by atoms with Crippen molar-refractivity contribution in [2.45, 2.75) is 32.1 Å². The smallest absolute Gasteiger partial charge is 0.264 e. The number of halogens is 1. The van der Waals surface area contributed by atoms with Crippen molar-refractivity contribution in [3.05, 3.63) is 25.4 Å². The molecule has 1 fully saturated rings. The predicted molar refractivity (Wildman–Crippen MR) is 58.9 cm³/mol. The third kappa shape index (κ3) is 1.63. The van der Waals surface area contributed by atoms with Gasteiger partial charge in [0.25, 0.3) is 5.56 Å². The molecule has 4 heteroatoms. The molecular formula is C9H11IN2O. The fourth-order valence-corrected chi connectivity index (χ4v) is 1.72. The number of nitrogens with one attached hydrogen (secondary N) is 1. The fourth-order valence-electron chi connectivity index (χ4n) is 1.47. The molecule has 0 spiro atoms. The zero-order valence-corrected chi connectivity index (χ0v) is 9.59. The number of hydrogen-bond acceptors (Lipinski definition) is 2. The van der Waals surface area contributed by atoms with Gasteiger partial charge in [-0.3, -0.25) is 4.79 Å². The molecule has 0 saturated heterocycles. The highest BCUT2D eigenvalue weighted by Gasteiger charge is 2.22. The van der Waals surface area contributed by atoms with Gasteiger partial charge in [0, 0.05) is 5.92 Å². The number of H-pyrrole nitrogens is 1. The van der Waals surface area contributed by atoms with Gasteiger partial charge in [-0.15, -0.1) is 0 Å². The first-order valence-corrected chi connectivity index (χ1v) is 5.52. The van der Waals surface area contributed by atoms with Crippen LogP contribution in [0.25, 0.3) is 0 Å². The summed E-state index contributed by atoms with van der Waals surface area (Å²) in [6.07, 6.45) is 3.60. The third-order valence-electron chi connectivity index (χ3n) is 2.54. The Morgan fingerprint density at radius 2 is 2.23 bits per heavy atom. The van der Waals surface area contributed by atoms with Crippen molar-refractivity contribution in [2.24, 2.45) is 0 Å². The Morgan fingerprint density at radius 3 is 2.69 bits per heavy atom. The van der Waals surface area contributed by atoms with E-state index in [1.807, 2.05) is 29.5 Å². The number of aromatic nitrogens is 2.